The fraction of sp³-hybridized carbons (Fsp3) is 0.533. The highest BCUT2D eigenvalue weighted by Gasteiger charge is 2.36. The van der Waals surface area contributed by atoms with Crippen molar-refractivity contribution in [3.05, 3.63) is 34.9 Å². The van der Waals surface area contributed by atoms with Crippen LogP contribution in [0.4, 0.5) is 0 Å². The lowest BCUT2D eigenvalue weighted by molar-refractivity contribution is -0.133. The Bertz CT molecular complexity index is 477. The van der Waals surface area contributed by atoms with Gasteiger partial charge in [0.05, 0.1) is 6.61 Å². The third-order valence-corrected chi connectivity index (χ3v) is 3.84. The third-order valence-electron chi connectivity index (χ3n) is 3.84. The summed E-state index contributed by atoms with van der Waals surface area (Å²) in [6.07, 6.45) is 0.821. The van der Waals surface area contributed by atoms with Crippen LogP contribution in [0.1, 0.15) is 36.5 Å². The average molecular weight is 245 g/mol. The first-order valence-electron chi connectivity index (χ1n) is 6.68. The van der Waals surface area contributed by atoms with Gasteiger partial charge in [-0.15, -0.1) is 0 Å². The maximum Gasteiger partial charge on any atom is 0.254 e. The molecule has 1 fully saturated rings. The monoisotopic (exact) mass is 245 g/mol. The number of amides is 1. The number of carbonyl (C=O) groups is 1. The summed E-state index contributed by atoms with van der Waals surface area (Å²) in [7, 11) is 0. The minimum Gasteiger partial charge on any atom is -0.363 e. The van der Waals surface area contributed by atoms with E-state index in [1.165, 1.54) is 16.7 Å². The Kier molecular flexibility index (Phi) is 2.86. The first kappa shape index (κ1) is 11.7. The second-order valence-corrected chi connectivity index (χ2v) is 5.47. The lowest BCUT2D eigenvalue weighted by Gasteiger charge is -2.30. The molecule has 0 saturated carbocycles. The van der Waals surface area contributed by atoms with Gasteiger partial charge in [-0.1, -0.05) is 32.0 Å². The van der Waals surface area contributed by atoms with Crippen LogP contribution in [0.15, 0.2) is 18.2 Å². The number of hydrogen-bond acceptors (Lipinski definition) is 2. The maximum absolute atomic E-state index is 12.0. The first-order valence-corrected chi connectivity index (χ1v) is 6.68. The Morgan fingerprint density at radius 3 is 2.89 bits per heavy atom. The van der Waals surface area contributed by atoms with Gasteiger partial charge >= 0.3 is 0 Å². The molecule has 2 aliphatic heterocycles. The summed E-state index contributed by atoms with van der Waals surface area (Å²) in [5.41, 5.74) is 4.19. The number of fused-ring (bicyclic) bond motifs is 1. The molecule has 2 heterocycles. The number of rotatable bonds is 2. The summed E-state index contributed by atoms with van der Waals surface area (Å²) in [6, 6.07) is 6.47. The minimum absolute atomic E-state index is 0.153. The van der Waals surface area contributed by atoms with E-state index in [1.807, 2.05) is 4.90 Å². The van der Waals surface area contributed by atoms with Crippen molar-refractivity contribution >= 4 is 5.91 Å². The van der Waals surface area contributed by atoms with Crippen LogP contribution in [-0.4, -0.2) is 30.1 Å². The van der Waals surface area contributed by atoms with Crippen LogP contribution in [0.5, 0.6) is 0 Å². The molecule has 1 atom stereocenters. The summed E-state index contributed by atoms with van der Waals surface area (Å²) in [4.78, 5) is 13.9. The minimum atomic E-state index is -0.153. The standard InChI is InChI=1S/C15H19NO2/c1-10(2)12-5-3-4-11-8-16(7-6-13(11)12)15(17)14-9-18-14/h3-5,10,14H,6-9H2,1-2H3. The molecule has 18 heavy (non-hydrogen) atoms. The van der Waals surface area contributed by atoms with E-state index in [2.05, 4.69) is 32.0 Å². The lowest BCUT2D eigenvalue weighted by atomic mass is 9.89. The van der Waals surface area contributed by atoms with Crippen molar-refractivity contribution in [2.45, 2.75) is 38.8 Å². The molecule has 2 aliphatic rings. The van der Waals surface area contributed by atoms with Crippen LogP contribution in [0, 0.1) is 0 Å². The van der Waals surface area contributed by atoms with Crippen LogP contribution in [-0.2, 0) is 22.5 Å². The van der Waals surface area contributed by atoms with Gasteiger partial charge in [0.15, 0.2) is 6.10 Å². The molecule has 3 rings (SSSR count). The largest absolute Gasteiger partial charge is 0.363 e. The molecule has 1 aromatic carbocycles. The Balaban J connectivity index is 1.84. The number of benzene rings is 1. The molecular weight excluding hydrogens is 226 g/mol. The molecule has 0 aliphatic carbocycles. The molecule has 0 radical (unpaired) electrons. The zero-order valence-electron chi connectivity index (χ0n) is 11.0. The van der Waals surface area contributed by atoms with E-state index in [9.17, 15) is 4.79 Å². The second-order valence-electron chi connectivity index (χ2n) is 5.47. The smallest absolute Gasteiger partial charge is 0.254 e. The molecule has 96 valence electrons. The summed E-state index contributed by atoms with van der Waals surface area (Å²) in [6.45, 7) is 6.63. The van der Waals surface area contributed by atoms with Gasteiger partial charge in [-0.3, -0.25) is 4.79 Å². The number of carbonyl (C=O) groups excluding carboxylic acids is 1. The van der Waals surface area contributed by atoms with Crippen molar-refractivity contribution in [1.82, 2.24) is 4.90 Å². The van der Waals surface area contributed by atoms with Gasteiger partial charge in [-0.25, -0.2) is 0 Å². The average Bonchev–Trinajstić information content (AvgIpc) is 3.20. The quantitative estimate of drug-likeness (QED) is 0.747. The number of hydrogen-bond donors (Lipinski definition) is 0. The Morgan fingerprint density at radius 2 is 2.22 bits per heavy atom. The zero-order valence-corrected chi connectivity index (χ0v) is 11.0. The molecule has 0 N–H and O–H groups in total. The van der Waals surface area contributed by atoms with Gasteiger partial charge in [-0.05, 0) is 29.0 Å². The first-order chi connectivity index (χ1) is 8.66. The van der Waals surface area contributed by atoms with E-state index in [0.29, 0.717) is 12.5 Å². The zero-order chi connectivity index (χ0) is 12.7. The summed E-state index contributed by atoms with van der Waals surface area (Å²) < 4.78 is 5.08. The van der Waals surface area contributed by atoms with Crippen molar-refractivity contribution in [2.24, 2.45) is 0 Å². The van der Waals surface area contributed by atoms with Crippen molar-refractivity contribution < 1.29 is 9.53 Å². The SMILES string of the molecule is CC(C)c1cccc2c1CCN(C(=O)C1CO1)C2. The van der Waals surface area contributed by atoms with Crippen LogP contribution in [0.25, 0.3) is 0 Å². The molecule has 1 saturated heterocycles. The predicted molar refractivity (Wildman–Crippen MR) is 69.4 cm³/mol. The van der Waals surface area contributed by atoms with Crippen LogP contribution in [0.3, 0.4) is 0 Å². The predicted octanol–water partition coefficient (Wildman–Crippen LogP) is 2.09. The summed E-state index contributed by atoms with van der Waals surface area (Å²) in [5.74, 6) is 0.713. The number of ether oxygens (including phenoxy) is 1. The topological polar surface area (TPSA) is 32.8 Å². The van der Waals surface area contributed by atoms with Crippen LogP contribution < -0.4 is 0 Å². The fourth-order valence-corrected chi connectivity index (χ4v) is 2.76. The van der Waals surface area contributed by atoms with Gasteiger partial charge in [-0.2, -0.15) is 0 Å². The van der Waals surface area contributed by atoms with E-state index in [4.69, 9.17) is 4.74 Å². The van der Waals surface area contributed by atoms with Gasteiger partial charge in [0.2, 0.25) is 0 Å². The van der Waals surface area contributed by atoms with Crippen molar-refractivity contribution in [2.75, 3.05) is 13.2 Å². The highest BCUT2D eigenvalue weighted by atomic mass is 16.6. The van der Waals surface area contributed by atoms with Gasteiger partial charge in [0.1, 0.15) is 0 Å². The third kappa shape index (κ3) is 2.03. The Morgan fingerprint density at radius 1 is 1.44 bits per heavy atom. The molecule has 1 aromatic rings. The van der Waals surface area contributed by atoms with E-state index in [1.54, 1.807) is 0 Å². The highest BCUT2D eigenvalue weighted by Crippen LogP contribution is 2.28. The van der Waals surface area contributed by atoms with Crippen molar-refractivity contribution in [1.29, 1.82) is 0 Å². The van der Waals surface area contributed by atoms with Gasteiger partial charge < -0.3 is 9.64 Å². The summed E-state index contributed by atoms with van der Waals surface area (Å²) >= 11 is 0. The maximum atomic E-state index is 12.0. The molecule has 0 aromatic heterocycles. The Labute approximate surface area is 108 Å². The van der Waals surface area contributed by atoms with E-state index >= 15 is 0 Å². The molecule has 1 unspecified atom stereocenters. The highest BCUT2D eigenvalue weighted by molar-refractivity contribution is 5.83. The molecule has 0 spiro atoms. The van der Waals surface area contributed by atoms with E-state index < -0.39 is 0 Å². The molecule has 1 amide bonds. The molecule has 0 bridgehead atoms. The lowest BCUT2D eigenvalue weighted by Crippen LogP contribution is -2.38. The molecule has 3 heteroatoms. The van der Waals surface area contributed by atoms with E-state index in [0.717, 1.165) is 19.5 Å². The molecular formula is C15H19NO2. The van der Waals surface area contributed by atoms with Crippen molar-refractivity contribution in [3.63, 3.8) is 0 Å². The molecule has 3 nitrogen and oxygen atoms in total. The van der Waals surface area contributed by atoms with Gasteiger partial charge in [0.25, 0.3) is 5.91 Å². The van der Waals surface area contributed by atoms with E-state index in [-0.39, 0.29) is 12.0 Å². The Hall–Kier alpha value is -1.35. The normalized spacial score (nSPS) is 21.9. The summed E-state index contributed by atoms with van der Waals surface area (Å²) in [5, 5.41) is 0. The fourth-order valence-electron chi connectivity index (χ4n) is 2.76. The second kappa shape index (κ2) is 4.39. The van der Waals surface area contributed by atoms with Gasteiger partial charge in [0, 0.05) is 13.1 Å². The van der Waals surface area contributed by atoms with Crippen LogP contribution in [0.2, 0.25) is 0 Å². The number of nitrogens with zero attached hydrogens (tertiary/aromatic N) is 1. The number of epoxide rings is 1. The van der Waals surface area contributed by atoms with Crippen molar-refractivity contribution in [3.8, 4) is 0 Å². The van der Waals surface area contributed by atoms with Crippen LogP contribution >= 0.6 is 0 Å².